The molecule has 0 bridgehead atoms. The third-order valence-corrected chi connectivity index (χ3v) is 2.01. The van der Waals surface area contributed by atoms with E-state index in [1.54, 1.807) is 0 Å². The van der Waals surface area contributed by atoms with Gasteiger partial charge >= 0.3 is 0 Å². The molecule has 4 heteroatoms. The van der Waals surface area contributed by atoms with Crippen molar-refractivity contribution in [2.45, 2.75) is 12.3 Å². The molecule has 0 saturated heterocycles. The predicted molar refractivity (Wildman–Crippen MR) is 40.4 cm³/mol. The van der Waals surface area contributed by atoms with Crippen LogP contribution in [-0.4, -0.2) is 6.61 Å². The number of ether oxygens (including phenoxy) is 1. The van der Waals surface area contributed by atoms with Crippen LogP contribution < -0.4 is 4.74 Å². The van der Waals surface area contributed by atoms with Crippen molar-refractivity contribution in [1.29, 1.82) is 0 Å². The molecule has 0 radical (unpaired) electrons. The molecule has 0 spiro atoms. The van der Waals surface area contributed by atoms with Gasteiger partial charge in [-0.2, -0.15) is 0 Å². The fourth-order valence-corrected chi connectivity index (χ4v) is 1.34. The smallest absolute Gasteiger partial charge is 0.280 e. The van der Waals surface area contributed by atoms with Gasteiger partial charge in [0.1, 0.15) is 11.6 Å². The van der Waals surface area contributed by atoms with Gasteiger partial charge in [-0.3, -0.25) is 0 Å². The maximum absolute atomic E-state index is 13.1. The van der Waals surface area contributed by atoms with Gasteiger partial charge in [0.05, 0.1) is 18.6 Å². The zero-order chi connectivity index (χ0) is 9.47. The van der Waals surface area contributed by atoms with E-state index in [9.17, 15) is 13.2 Å². The second-order valence-corrected chi connectivity index (χ2v) is 2.94. The second-order valence-electron chi connectivity index (χ2n) is 2.94. The Hall–Kier alpha value is -1.19. The van der Waals surface area contributed by atoms with Crippen LogP contribution in [-0.2, 0) is 5.92 Å². The minimum Gasteiger partial charge on any atom is -0.493 e. The summed E-state index contributed by atoms with van der Waals surface area (Å²) >= 11 is 0. The highest BCUT2D eigenvalue weighted by Gasteiger charge is 2.37. The Kier molecular flexibility index (Phi) is 1.71. The number of alkyl halides is 2. The van der Waals surface area contributed by atoms with E-state index < -0.39 is 11.7 Å². The Morgan fingerprint density at radius 2 is 2.08 bits per heavy atom. The lowest BCUT2D eigenvalue weighted by Gasteiger charge is -2.25. The molecule has 0 amide bonds. The molecule has 0 N–H and O–H groups in total. The van der Waals surface area contributed by atoms with Crippen LogP contribution in [0.5, 0.6) is 5.75 Å². The molecule has 0 atom stereocenters. The zero-order valence-electron chi connectivity index (χ0n) is 6.69. The standard InChI is InChI=1S/C9H7F3O/c10-6-1-2-7-8(5-6)13-4-3-9(7,11)12/h1-2,5H,3-4H2. The first-order chi connectivity index (χ1) is 6.09. The number of halogens is 3. The molecular formula is C9H7F3O. The summed E-state index contributed by atoms with van der Waals surface area (Å²) in [5.41, 5.74) is -0.222. The molecule has 1 aromatic carbocycles. The highest BCUT2D eigenvalue weighted by molar-refractivity contribution is 5.38. The molecule has 2 rings (SSSR count). The van der Waals surface area contributed by atoms with Crippen LogP contribution in [0.15, 0.2) is 18.2 Å². The lowest BCUT2D eigenvalue weighted by atomic mass is 10.0. The van der Waals surface area contributed by atoms with E-state index in [2.05, 4.69) is 0 Å². The van der Waals surface area contributed by atoms with Crippen LogP contribution >= 0.6 is 0 Å². The van der Waals surface area contributed by atoms with Crippen molar-refractivity contribution < 1.29 is 17.9 Å². The molecule has 1 nitrogen and oxygen atoms in total. The van der Waals surface area contributed by atoms with E-state index in [0.717, 1.165) is 18.2 Å². The molecule has 0 fully saturated rings. The van der Waals surface area contributed by atoms with E-state index in [1.807, 2.05) is 0 Å². The van der Waals surface area contributed by atoms with E-state index in [1.165, 1.54) is 0 Å². The monoisotopic (exact) mass is 188 g/mol. The average Bonchev–Trinajstić information content (AvgIpc) is 2.02. The average molecular weight is 188 g/mol. The van der Waals surface area contributed by atoms with E-state index in [0.29, 0.717) is 0 Å². The van der Waals surface area contributed by atoms with Crippen molar-refractivity contribution in [2.75, 3.05) is 6.61 Å². The maximum Gasteiger partial charge on any atom is 0.280 e. The van der Waals surface area contributed by atoms with Crippen molar-refractivity contribution in [3.8, 4) is 5.75 Å². The minimum absolute atomic E-state index is 0.0451. The molecule has 0 saturated carbocycles. The molecule has 0 unspecified atom stereocenters. The summed E-state index contributed by atoms with van der Waals surface area (Å²) in [6.45, 7) is -0.0660. The fraction of sp³-hybridized carbons (Fsp3) is 0.333. The summed E-state index contributed by atoms with van der Waals surface area (Å²) in [6.07, 6.45) is -0.342. The largest absolute Gasteiger partial charge is 0.493 e. The third kappa shape index (κ3) is 1.36. The Bertz CT molecular complexity index is 336. The van der Waals surface area contributed by atoms with Gasteiger partial charge in [0, 0.05) is 6.07 Å². The van der Waals surface area contributed by atoms with Gasteiger partial charge in [0.25, 0.3) is 5.92 Å². The van der Waals surface area contributed by atoms with E-state index in [4.69, 9.17) is 4.74 Å². The Morgan fingerprint density at radius 1 is 1.31 bits per heavy atom. The molecule has 0 aromatic heterocycles. The molecular weight excluding hydrogens is 181 g/mol. The van der Waals surface area contributed by atoms with Crippen LogP contribution in [0, 0.1) is 5.82 Å². The normalized spacial score (nSPS) is 19.0. The van der Waals surface area contributed by atoms with Gasteiger partial charge in [-0.05, 0) is 12.1 Å². The molecule has 1 aromatic rings. The first-order valence-electron chi connectivity index (χ1n) is 3.90. The third-order valence-electron chi connectivity index (χ3n) is 2.01. The van der Waals surface area contributed by atoms with Gasteiger partial charge in [-0.1, -0.05) is 0 Å². The van der Waals surface area contributed by atoms with Crippen molar-refractivity contribution in [1.82, 2.24) is 0 Å². The quantitative estimate of drug-likeness (QED) is 0.608. The van der Waals surface area contributed by atoms with Gasteiger partial charge in [0.2, 0.25) is 0 Å². The number of rotatable bonds is 0. The topological polar surface area (TPSA) is 9.23 Å². The summed E-state index contributed by atoms with van der Waals surface area (Å²) in [5.74, 6) is -3.49. The van der Waals surface area contributed by atoms with Gasteiger partial charge < -0.3 is 4.74 Å². The van der Waals surface area contributed by atoms with E-state index in [-0.39, 0.29) is 24.3 Å². The van der Waals surface area contributed by atoms with Crippen molar-refractivity contribution in [2.24, 2.45) is 0 Å². The Morgan fingerprint density at radius 3 is 2.85 bits per heavy atom. The van der Waals surface area contributed by atoms with Crippen molar-refractivity contribution in [3.63, 3.8) is 0 Å². The first kappa shape index (κ1) is 8.41. The lowest BCUT2D eigenvalue weighted by Crippen LogP contribution is -2.24. The van der Waals surface area contributed by atoms with Crippen LogP contribution in [0.3, 0.4) is 0 Å². The fourth-order valence-electron chi connectivity index (χ4n) is 1.34. The molecule has 1 aliphatic rings. The van der Waals surface area contributed by atoms with Gasteiger partial charge in [-0.25, -0.2) is 13.2 Å². The number of hydrogen-bond acceptors (Lipinski definition) is 1. The SMILES string of the molecule is Fc1ccc2c(c1)OCCC2(F)F. The van der Waals surface area contributed by atoms with Crippen LogP contribution in [0.2, 0.25) is 0 Å². The van der Waals surface area contributed by atoms with Crippen LogP contribution in [0.4, 0.5) is 13.2 Å². The lowest BCUT2D eigenvalue weighted by molar-refractivity contribution is -0.0405. The van der Waals surface area contributed by atoms with Gasteiger partial charge in [-0.15, -0.1) is 0 Å². The first-order valence-corrected chi connectivity index (χ1v) is 3.90. The molecule has 13 heavy (non-hydrogen) atoms. The van der Waals surface area contributed by atoms with Gasteiger partial charge in [0.15, 0.2) is 0 Å². The molecule has 1 aliphatic heterocycles. The summed E-state index contributed by atoms with van der Waals surface area (Å²) in [4.78, 5) is 0. The summed E-state index contributed by atoms with van der Waals surface area (Å²) < 4.78 is 43.8. The Labute approximate surface area is 73.1 Å². The van der Waals surface area contributed by atoms with Crippen molar-refractivity contribution >= 4 is 0 Å². The maximum atomic E-state index is 13.1. The highest BCUT2D eigenvalue weighted by Crippen LogP contribution is 2.41. The van der Waals surface area contributed by atoms with Crippen molar-refractivity contribution in [3.05, 3.63) is 29.6 Å². The van der Waals surface area contributed by atoms with Crippen LogP contribution in [0.1, 0.15) is 12.0 Å². The molecule has 0 aliphatic carbocycles. The number of hydrogen-bond donors (Lipinski definition) is 0. The summed E-state index contributed by atoms with van der Waals surface area (Å²) in [6, 6.07) is 3.08. The second kappa shape index (κ2) is 2.65. The zero-order valence-corrected chi connectivity index (χ0v) is 6.69. The number of benzene rings is 1. The van der Waals surface area contributed by atoms with E-state index >= 15 is 0 Å². The Balaban J connectivity index is 2.53. The highest BCUT2D eigenvalue weighted by atomic mass is 19.3. The predicted octanol–water partition coefficient (Wildman–Crippen LogP) is 2.70. The van der Waals surface area contributed by atoms with Crippen LogP contribution in [0.25, 0.3) is 0 Å². The molecule has 70 valence electrons. The minimum atomic E-state index is -2.89. The molecule has 1 heterocycles. The summed E-state index contributed by atoms with van der Waals surface area (Å²) in [7, 11) is 0. The number of fused-ring (bicyclic) bond motifs is 1. The summed E-state index contributed by atoms with van der Waals surface area (Å²) in [5, 5.41) is 0.